The molecule has 0 aliphatic carbocycles. The summed E-state index contributed by atoms with van der Waals surface area (Å²) < 4.78 is 10.4. The molecule has 0 radical (unpaired) electrons. The van der Waals surface area contributed by atoms with E-state index in [0.29, 0.717) is 23.5 Å². The Bertz CT molecular complexity index is 711. The zero-order valence-electron chi connectivity index (χ0n) is 15.0. The number of phenolic OH excluding ortho intramolecular Hbond substituents is 2. The maximum absolute atomic E-state index is 10.5. The van der Waals surface area contributed by atoms with Crippen molar-refractivity contribution in [3.63, 3.8) is 0 Å². The van der Waals surface area contributed by atoms with E-state index in [1.165, 1.54) is 14.2 Å². The van der Waals surface area contributed by atoms with E-state index >= 15 is 0 Å². The third-order valence-corrected chi connectivity index (χ3v) is 4.31. The van der Waals surface area contributed by atoms with E-state index in [1.54, 1.807) is 18.2 Å². The van der Waals surface area contributed by atoms with Crippen LogP contribution in [-0.4, -0.2) is 36.1 Å². The number of aliphatic hydroxyl groups excluding tert-OH is 1. The summed E-state index contributed by atoms with van der Waals surface area (Å²) in [6.07, 6.45) is 2.35. The Hall–Kier alpha value is -2.40. The number of aliphatic hydroxyl groups is 1. The Morgan fingerprint density at radius 3 is 2.24 bits per heavy atom. The maximum Gasteiger partial charge on any atom is 0.161 e. The molecule has 1 unspecified atom stereocenters. The van der Waals surface area contributed by atoms with Crippen LogP contribution in [0.1, 0.15) is 36.0 Å². The van der Waals surface area contributed by atoms with Crippen LogP contribution in [0.25, 0.3) is 0 Å². The molecule has 2 rings (SSSR count). The van der Waals surface area contributed by atoms with Gasteiger partial charge in [-0.15, -0.1) is 0 Å². The highest BCUT2D eigenvalue weighted by atomic mass is 16.5. The van der Waals surface area contributed by atoms with Crippen LogP contribution in [0.3, 0.4) is 0 Å². The van der Waals surface area contributed by atoms with Crippen LogP contribution >= 0.6 is 0 Å². The first-order valence-corrected chi connectivity index (χ1v) is 8.40. The molecule has 5 nitrogen and oxygen atoms in total. The van der Waals surface area contributed by atoms with Crippen molar-refractivity contribution in [2.75, 3.05) is 20.8 Å². The van der Waals surface area contributed by atoms with Crippen molar-refractivity contribution in [1.82, 2.24) is 0 Å². The number of ether oxygens (including phenoxy) is 2. The summed E-state index contributed by atoms with van der Waals surface area (Å²) in [5.74, 6) is 0.645. The van der Waals surface area contributed by atoms with Crippen molar-refractivity contribution in [2.45, 2.75) is 32.1 Å². The van der Waals surface area contributed by atoms with Crippen molar-refractivity contribution in [1.29, 1.82) is 0 Å². The smallest absolute Gasteiger partial charge is 0.161 e. The molecule has 2 aromatic carbocycles. The molecule has 2 aromatic rings. The number of methoxy groups -OCH3 is 2. The third kappa shape index (κ3) is 4.37. The fourth-order valence-electron chi connectivity index (χ4n) is 2.99. The van der Waals surface area contributed by atoms with Gasteiger partial charge in [0.15, 0.2) is 23.0 Å². The number of rotatable bonds is 8. The van der Waals surface area contributed by atoms with Gasteiger partial charge in [-0.3, -0.25) is 0 Å². The lowest BCUT2D eigenvalue weighted by Crippen LogP contribution is -2.09. The molecule has 1 atom stereocenters. The van der Waals surface area contributed by atoms with Gasteiger partial charge in [-0.25, -0.2) is 0 Å². The van der Waals surface area contributed by atoms with Crippen molar-refractivity contribution < 1.29 is 24.8 Å². The van der Waals surface area contributed by atoms with Gasteiger partial charge in [0, 0.05) is 11.5 Å². The Labute approximate surface area is 148 Å². The first kappa shape index (κ1) is 18.9. The highest BCUT2D eigenvalue weighted by Crippen LogP contribution is 2.38. The van der Waals surface area contributed by atoms with E-state index in [4.69, 9.17) is 9.47 Å². The van der Waals surface area contributed by atoms with E-state index in [1.807, 2.05) is 12.1 Å². The molecule has 0 amide bonds. The van der Waals surface area contributed by atoms with E-state index < -0.39 is 0 Å². The van der Waals surface area contributed by atoms with Crippen molar-refractivity contribution in [2.24, 2.45) is 0 Å². The molecule has 5 heteroatoms. The number of phenols is 2. The average Bonchev–Trinajstić information content (AvgIpc) is 2.62. The molecule has 0 aliphatic heterocycles. The summed E-state index contributed by atoms with van der Waals surface area (Å²) in [6, 6.07) is 8.85. The average molecular weight is 346 g/mol. The van der Waals surface area contributed by atoms with Gasteiger partial charge in [0.25, 0.3) is 0 Å². The molecular formula is C20H26O5. The molecule has 3 N–H and O–H groups in total. The summed E-state index contributed by atoms with van der Waals surface area (Å²) >= 11 is 0. The first-order valence-electron chi connectivity index (χ1n) is 8.40. The van der Waals surface area contributed by atoms with Gasteiger partial charge in [0.1, 0.15) is 0 Å². The van der Waals surface area contributed by atoms with Gasteiger partial charge < -0.3 is 24.8 Å². The minimum absolute atomic E-state index is 0.0622. The third-order valence-electron chi connectivity index (χ3n) is 4.31. The highest BCUT2D eigenvalue weighted by Gasteiger charge is 2.20. The van der Waals surface area contributed by atoms with E-state index in [0.717, 1.165) is 24.0 Å². The summed E-state index contributed by atoms with van der Waals surface area (Å²) in [4.78, 5) is 0. The van der Waals surface area contributed by atoms with Gasteiger partial charge in [0.05, 0.1) is 20.8 Å². The SMILES string of the molecule is CCCc1cc(OC)c(O)c(C(CO)Cc2ccc(O)c(OC)c2)c1. The quantitative estimate of drug-likeness (QED) is 0.683. The van der Waals surface area contributed by atoms with Crippen LogP contribution in [0.4, 0.5) is 0 Å². The molecule has 136 valence electrons. The standard InChI is InChI=1S/C20H26O5/c1-4-5-13-9-16(20(23)19(11-13)25-3)15(12-21)8-14-6-7-17(22)18(10-14)24-2/h6-7,9-11,15,21-23H,4-5,8,12H2,1-3H3. The number of aryl methyl sites for hydroxylation is 1. The first-order chi connectivity index (χ1) is 12.0. The minimum Gasteiger partial charge on any atom is -0.504 e. The molecule has 0 saturated heterocycles. The largest absolute Gasteiger partial charge is 0.504 e. The summed E-state index contributed by atoms with van der Waals surface area (Å²) in [6.45, 7) is 1.97. The second-order valence-electron chi connectivity index (χ2n) is 6.08. The Balaban J connectivity index is 2.38. The molecule has 25 heavy (non-hydrogen) atoms. The van der Waals surface area contributed by atoms with Gasteiger partial charge in [-0.05, 0) is 42.2 Å². The van der Waals surface area contributed by atoms with E-state index in [2.05, 4.69) is 6.92 Å². The Morgan fingerprint density at radius 2 is 1.64 bits per heavy atom. The fourth-order valence-corrected chi connectivity index (χ4v) is 2.99. The summed E-state index contributed by atoms with van der Waals surface area (Å²) in [5, 5.41) is 30.1. The van der Waals surface area contributed by atoms with E-state index in [-0.39, 0.29) is 24.0 Å². The van der Waals surface area contributed by atoms with Gasteiger partial charge in [-0.1, -0.05) is 25.5 Å². The lowest BCUT2D eigenvalue weighted by Gasteiger charge is -2.19. The second kappa shape index (κ2) is 8.62. The number of benzene rings is 2. The van der Waals surface area contributed by atoms with Crippen LogP contribution < -0.4 is 9.47 Å². The summed E-state index contributed by atoms with van der Waals surface area (Å²) in [5.41, 5.74) is 2.62. The fraction of sp³-hybridized carbons (Fsp3) is 0.400. The molecule has 0 heterocycles. The maximum atomic E-state index is 10.5. The zero-order chi connectivity index (χ0) is 18.4. The lowest BCUT2D eigenvalue weighted by atomic mass is 9.89. The highest BCUT2D eigenvalue weighted by molar-refractivity contribution is 5.51. The normalized spacial score (nSPS) is 12.0. The zero-order valence-corrected chi connectivity index (χ0v) is 15.0. The Morgan fingerprint density at radius 1 is 0.960 bits per heavy atom. The minimum atomic E-state index is -0.292. The molecule has 0 aromatic heterocycles. The monoisotopic (exact) mass is 346 g/mol. The van der Waals surface area contributed by atoms with Crippen LogP contribution in [0.15, 0.2) is 30.3 Å². The van der Waals surface area contributed by atoms with Gasteiger partial charge >= 0.3 is 0 Å². The van der Waals surface area contributed by atoms with Crippen LogP contribution in [-0.2, 0) is 12.8 Å². The van der Waals surface area contributed by atoms with Gasteiger partial charge in [0.2, 0.25) is 0 Å². The predicted molar refractivity (Wildman–Crippen MR) is 96.8 cm³/mol. The second-order valence-corrected chi connectivity index (χ2v) is 6.08. The number of aromatic hydroxyl groups is 2. The topological polar surface area (TPSA) is 79.2 Å². The van der Waals surface area contributed by atoms with Crippen molar-refractivity contribution in [3.05, 3.63) is 47.0 Å². The molecule has 0 bridgehead atoms. The molecule has 0 spiro atoms. The van der Waals surface area contributed by atoms with Crippen LogP contribution in [0, 0.1) is 0 Å². The number of hydrogen-bond acceptors (Lipinski definition) is 5. The van der Waals surface area contributed by atoms with Crippen LogP contribution in [0.5, 0.6) is 23.0 Å². The van der Waals surface area contributed by atoms with Gasteiger partial charge in [-0.2, -0.15) is 0 Å². The molecular weight excluding hydrogens is 320 g/mol. The number of hydrogen-bond donors (Lipinski definition) is 3. The molecule has 0 aliphatic rings. The Kier molecular flexibility index (Phi) is 6.53. The molecule has 0 fully saturated rings. The van der Waals surface area contributed by atoms with E-state index in [9.17, 15) is 15.3 Å². The molecule has 0 saturated carbocycles. The van der Waals surface area contributed by atoms with Crippen LogP contribution in [0.2, 0.25) is 0 Å². The summed E-state index contributed by atoms with van der Waals surface area (Å²) in [7, 11) is 3.01. The van der Waals surface area contributed by atoms with Crippen molar-refractivity contribution in [3.8, 4) is 23.0 Å². The van der Waals surface area contributed by atoms with Crippen molar-refractivity contribution >= 4 is 0 Å². The predicted octanol–water partition coefficient (Wildman–Crippen LogP) is 3.39. The lowest BCUT2D eigenvalue weighted by molar-refractivity contribution is 0.260.